The van der Waals surface area contributed by atoms with Crippen LogP contribution >= 0.6 is 0 Å². The number of benzene rings is 1. The molecule has 1 unspecified atom stereocenters. The van der Waals surface area contributed by atoms with E-state index in [1.54, 1.807) is 13.2 Å². The smallest absolute Gasteiger partial charge is 0.244 e. The van der Waals surface area contributed by atoms with E-state index in [0.29, 0.717) is 12.8 Å². The molecule has 1 atom stereocenters. The number of hydrogen-bond acceptors (Lipinski definition) is 3. The van der Waals surface area contributed by atoms with Crippen LogP contribution < -0.4 is 10.1 Å². The summed E-state index contributed by atoms with van der Waals surface area (Å²) >= 11 is 0. The monoisotopic (exact) mass is 291 g/mol. The minimum Gasteiger partial charge on any atom is -0.496 e. The number of allylic oxidation sites excluding steroid dienone is 1. The van der Waals surface area contributed by atoms with Gasteiger partial charge in [0.15, 0.2) is 0 Å². The number of para-hydroxylation sites is 1. The van der Waals surface area contributed by atoms with Gasteiger partial charge < -0.3 is 15.2 Å². The molecule has 0 spiro atoms. The molecule has 116 valence electrons. The molecule has 4 heteroatoms. The van der Waals surface area contributed by atoms with Crippen molar-refractivity contribution >= 4 is 5.91 Å². The number of hydrogen-bond donors (Lipinski definition) is 2. The Morgan fingerprint density at radius 2 is 2.14 bits per heavy atom. The number of nitrogens with one attached hydrogen (secondary N) is 1. The third-order valence-corrected chi connectivity index (χ3v) is 3.36. The molecule has 0 aliphatic carbocycles. The zero-order valence-electron chi connectivity index (χ0n) is 13.1. The number of rotatable bonds is 8. The van der Waals surface area contributed by atoms with Crippen LogP contribution in [0.15, 0.2) is 35.9 Å². The fraction of sp³-hybridized carbons (Fsp3) is 0.471. The van der Waals surface area contributed by atoms with Crippen molar-refractivity contribution in [2.75, 3.05) is 13.7 Å². The zero-order chi connectivity index (χ0) is 15.7. The van der Waals surface area contributed by atoms with Crippen molar-refractivity contribution in [2.24, 2.45) is 0 Å². The van der Waals surface area contributed by atoms with Gasteiger partial charge in [-0.3, -0.25) is 4.79 Å². The van der Waals surface area contributed by atoms with E-state index < -0.39 is 0 Å². The molecule has 0 heterocycles. The summed E-state index contributed by atoms with van der Waals surface area (Å²) in [7, 11) is 1.64. The van der Waals surface area contributed by atoms with Gasteiger partial charge in [0.25, 0.3) is 0 Å². The fourth-order valence-electron chi connectivity index (χ4n) is 2.20. The summed E-state index contributed by atoms with van der Waals surface area (Å²) in [6, 6.07) is 7.82. The lowest BCUT2D eigenvalue weighted by molar-refractivity contribution is -0.117. The van der Waals surface area contributed by atoms with Crippen molar-refractivity contribution in [1.82, 2.24) is 5.32 Å². The largest absolute Gasteiger partial charge is 0.496 e. The molecule has 2 N–H and O–H groups in total. The maximum Gasteiger partial charge on any atom is 0.244 e. The molecule has 1 rings (SSSR count). The highest BCUT2D eigenvalue weighted by Crippen LogP contribution is 2.20. The van der Waals surface area contributed by atoms with Crippen LogP contribution in [0.5, 0.6) is 5.75 Å². The first-order valence-corrected chi connectivity index (χ1v) is 7.31. The molecule has 1 amide bonds. The molecule has 4 nitrogen and oxygen atoms in total. The topological polar surface area (TPSA) is 58.6 Å². The van der Waals surface area contributed by atoms with Gasteiger partial charge in [-0.15, -0.1) is 0 Å². The van der Waals surface area contributed by atoms with Gasteiger partial charge >= 0.3 is 0 Å². The molecule has 0 saturated carbocycles. The summed E-state index contributed by atoms with van der Waals surface area (Å²) in [6.45, 7) is 4.01. The average Bonchev–Trinajstić information content (AvgIpc) is 2.47. The summed E-state index contributed by atoms with van der Waals surface area (Å²) in [5, 5.41) is 11.8. The highest BCUT2D eigenvalue weighted by molar-refractivity contribution is 5.88. The lowest BCUT2D eigenvalue weighted by Gasteiger charge is -2.14. The molecule has 0 fully saturated rings. The van der Waals surface area contributed by atoms with Crippen LogP contribution in [-0.4, -0.2) is 30.8 Å². The van der Waals surface area contributed by atoms with E-state index in [0.717, 1.165) is 23.3 Å². The van der Waals surface area contributed by atoms with Gasteiger partial charge in [-0.1, -0.05) is 30.7 Å². The summed E-state index contributed by atoms with van der Waals surface area (Å²) in [5.41, 5.74) is 2.03. The van der Waals surface area contributed by atoms with E-state index in [4.69, 9.17) is 9.84 Å². The number of carbonyl (C=O) groups excluding carboxylic acids is 1. The molecule has 0 aromatic heterocycles. The van der Waals surface area contributed by atoms with E-state index in [-0.39, 0.29) is 18.6 Å². The first-order chi connectivity index (χ1) is 10.1. The molecule has 0 saturated heterocycles. The predicted molar refractivity (Wildman–Crippen MR) is 84.4 cm³/mol. The molecule has 0 aliphatic heterocycles. The third-order valence-electron chi connectivity index (χ3n) is 3.36. The second kappa shape index (κ2) is 9.19. The quantitative estimate of drug-likeness (QED) is 0.723. The molecule has 0 aliphatic rings. The number of aliphatic hydroxyl groups excluding tert-OH is 1. The van der Waals surface area contributed by atoms with Gasteiger partial charge in [0.2, 0.25) is 5.91 Å². The standard InChI is InChI=1S/C17H25NO3/c1-4-15(9-10-19)18-17(20)12-13(2)11-14-7-5-6-8-16(14)21-3/h5-8,12,15,19H,4,9-11H2,1-3H3,(H,18,20)/b13-12-. The summed E-state index contributed by atoms with van der Waals surface area (Å²) in [5.74, 6) is 0.722. The van der Waals surface area contributed by atoms with Gasteiger partial charge in [-0.05, 0) is 37.8 Å². The van der Waals surface area contributed by atoms with Crippen LogP contribution in [0.1, 0.15) is 32.3 Å². The molecule has 0 bridgehead atoms. The fourth-order valence-corrected chi connectivity index (χ4v) is 2.20. The minimum absolute atomic E-state index is 0.0258. The van der Waals surface area contributed by atoms with Crippen molar-refractivity contribution in [2.45, 2.75) is 39.2 Å². The van der Waals surface area contributed by atoms with E-state index in [1.165, 1.54) is 0 Å². The Kier molecular flexibility index (Phi) is 7.54. The highest BCUT2D eigenvalue weighted by atomic mass is 16.5. The molecular weight excluding hydrogens is 266 g/mol. The average molecular weight is 291 g/mol. The van der Waals surface area contributed by atoms with Crippen molar-refractivity contribution in [3.05, 3.63) is 41.5 Å². The summed E-state index contributed by atoms with van der Waals surface area (Å²) in [4.78, 5) is 11.9. The molecule has 1 aromatic rings. The van der Waals surface area contributed by atoms with Gasteiger partial charge in [0.05, 0.1) is 7.11 Å². The van der Waals surface area contributed by atoms with E-state index in [1.807, 2.05) is 38.1 Å². The maximum atomic E-state index is 11.9. The maximum absolute atomic E-state index is 11.9. The number of amides is 1. The lowest BCUT2D eigenvalue weighted by Crippen LogP contribution is -2.34. The number of carbonyl (C=O) groups is 1. The zero-order valence-corrected chi connectivity index (χ0v) is 13.1. The van der Waals surface area contributed by atoms with Gasteiger partial charge in [-0.25, -0.2) is 0 Å². The number of aliphatic hydroxyl groups is 1. The Morgan fingerprint density at radius 1 is 1.43 bits per heavy atom. The van der Waals surface area contributed by atoms with Gasteiger partial charge in [-0.2, -0.15) is 0 Å². The van der Waals surface area contributed by atoms with Crippen molar-refractivity contribution in [3.8, 4) is 5.75 Å². The van der Waals surface area contributed by atoms with Crippen molar-refractivity contribution in [1.29, 1.82) is 0 Å². The van der Waals surface area contributed by atoms with E-state index in [9.17, 15) is 4.79 Å². The number of ether oxygens (including phenoxy) is 1. The summed E-state index contributed by atoms with van der Waals surface area (Å²) < 4.78 is 5.31. The first kappa shape index (κ1) is 17.2. The second-order valence-electron chi connectivity index (χ2n) is 5.11. The van der Waals surface area contributed by atoms with Crippen LogP contribution in [0.2, 0.25) is 0 Å². The minimum atomic E-state index is -0.109. The predicted octanol–water partition coefficient (Wildman–Crippen LogP) is 2.46. The van der Waals surface area contributed by atoms with Crippen LogP contribution in [0.4, 0.5) is 0 Å². The Labute approximate surface area is 126 Å². The lowest BCUT2D eigenvalue weighted by atomic mass is 10.0. The number of methoxy groups -OCH3 is 1. The highest BCUT2D eigenvalue weighted by Gasteiger charge is 2.09. The van der Waals surface area contributed by atoms with Gasteiger partial charge in [0.1, 0.15) is 5.75 Å². The molecular formula is C17H25NO3. The first-order valence-electron chi connectivity index (χ1n) is 7.31. The Morgan fingerprint density at radius 3 is 2.76 bits per heavy atom. The van der Waals surface area contributed by atoms with E-state index in [2.05, 4.69) is 5.32 Å². The Hall–Kier alpha value is -1.81. The molecule has 1 aromatic carbocycles. The second-order valence-corrected chi connectivity index (χ2v) is 5.11. The van der Waals surface area contributed by atoms with Crippen LogP contribution in [0, 0.1) is 0 Å². The van der Waals surface area contributed by atoms with E-state index >= 15 is 0 Å². The van der Waals surface area contributed by atoms with Crippen molar-refractivity contribution < 1.29 is 14.6 Å². The van der Waals surface area contributed by atoms with Crippen LogP contribution in [0.3, 0.4) is 0 Å². The van der Waals surface area contributed by atoms with Crippen molar-refractivity contribution in [3.63, 3.8) is 0 Å². The van der Waals surface area contributed by atoms with Gasteiger partial charge in [0, 0.05) is 18.7 Å². The molecule has 0 radical (unpaired) electrons. The Balaban J connectivity index is 2.65. The SMILES string of the molecule is CCC(CCO)NC(=O)/C=C(/C)Cc1ccccc1OC. The van der Waals surface area contributed by atoms with Crippen LogP contribution in [-0.2, 0) is 11.2 Å². The molecule has 21 heavy (non-hydrogen) atoms. The Bertz CT molecular complexity index is 483. The van der Waals surface area contributed by atoms with Crippen LogP contribution in [0.25, 0.3) is 0 Å². The summed E-state index contributed by atoms with van der Waals surface area (Å²) in [6.07, 6.45) is 3.69. The third kappa shape index (κ3) is 6.00. The normalized spacial score (nSPS) is 12.9.